The van der Waals surface area contributed by atoms with Crippen LogP contribution in [0.25, 0.3) is 0 Å². The molecule has 0 heterocycles. The second-order valence-electron chi connectivity index (χ2n) is 20.5. The third-order valence-corrected chi connectivity index (χ3v) is 14.3. The minimum Gasteiger partial charge on any atom is -0.462 e. The molecule has 72 heavy (non-hydrogen) atoms. The van der Waals surface area contributed by atoms with Crippen molar-refractivity contribution < 1.29 is 52.2 Å². The SMILES string of the molecule is CCC/C=C\C/C=C\CCCCCCCC(=O)OC(CO)COP(=O)(O)OCC(COC(=O)CCCCCCCCCCCCCCCCCCC)OC(=O)CCCCCCCCCCCCCCCCC. The Bertz CT molecular complexity index is 1310. The molecule has 0 aromatic carbocycles. The van der Waals surface area contributed by atoms with E-state index >= 15 is 0 Å². The van der Waals surface area contributed by atoms with Crippen molar-refractivity contribution in [1.82, 2.24) is 0 Å². The smallest absolute Gasteiger partial charge is 0.462 e. The molecule has 0 aromatic rings. The van der Waals surface area contributed by atoms with Crippen molar-refractivity contribution in [1.29, 1.82) is 0 Å². The summed E-state index contributed by atoms with van der Waals surface area (Å²) in [5, 5.41) is 9.81. The van der Waals surface area contributed by atoms with Crippen molar-refractivity contribution in [3.05, 3.63) is 24.3 Å². The van der Waals surface area contributed by atoms with Crippen LogP contribution in [0.5, 0.6) is 0 Å². The Labute approximate surface area is 442 Å². The lowest BCUT2D eigenvalue weighted by Gasteiger charge is -2.21. The second kappa shape index (κ2) is 55.2. The van der Waals surface area contributed by atoms with Crippen LogP contribution in [0.3, 0.4) is 0 Å². The van der Waals surface area contributed by atoms with E-state index in [4.69, 9.17) is 23.3 Å². The van der Waals surface area contributed by atoms with Gasteiger partial charge in [0.15, 0.2) is 6.10 Å². The zero-order valence-electron chi connectivity index (χ0n) is 46.9. The predicted octanol–water partition coefficient (Wildman–Crippen LogP) is 17.8. The Morgan fingerprint density at radius 1 is 0.389 bits per heavy atom. The van der Waals surface area contributed by atoms with Crippen molar-refractivity contribution in [2.24, 2.45) is 0 Å². The highest BCUT2D eigenvalue weighted by Gasteiger charge is 2.28. The number of aliphatic hydroxyl groups is 1. The minimum absolute atomic E-state index is 0.165. The first-order valence-electron chi connectivity index (χ1n) is 30.2. The Morgan fingerprint density at radius 2 is 0.708 bits per heavy atom. The van der Waals surface area contributed by atoms with Gasteiger partial charge >= 0.3 is 25.7 Å². The molecule has 0 aliphatic heterocycles. The number of rotatable bonds is 57. The molecule has 424 valence electrons. The summed E-state index contributed by atoms with van der Waals surface area (Å²) >= 11 is 0. The molecule has 12 heteroatoms. The van der Waals surface area contributed by atoms with E-state index in [-0.39, 0.29) is 25.9 Å². The number of ether oxygens (including phenoxy) is 3. The van der Waals surface area contributed by atoms with Gasteiger partial charge in [-0.2, -0.15) is 0 Å². The fourth-order valence-electron chi connectivity index (χ4n) is 8.75. The van der Waals surface area contributed by atoms with Gasteiger partial charge in [-0.1, -0.05) is 263 Å². The lowest BCUT2D eigenvalue weighted by atomic mass is 10.0. The van der Waals surface area contributed by atoms with E-state index in [0.717, 1.165) is 83.5 Å². The number of unbranched alkanes of at least 4 members (excludes halogenated alkanes) is 36. The summed E-state index contributed by atoms with van der Waals surface area (Å²) < 4.78 is 39.6. The maximum absolute atomic E-state index is 12.9. The van der Waals surface area contributed by atoms with Crippen molar-refractivity contribution in [3.8, 4) is 0 Å². The highest BCUT2D eigenvalue weighted by atomic mass is 31.2. The summed E-state index contributed by atoms with van der Waals surface area (Å²) in [6, 6.07) is 0. The number of hydrogen-bond donors (Lipinski definition) is 2. The summed E-state index contributed by atoms with van der Waals surface area (Å²) in [7, 11) is -4.74. The zero-order valence-corrected chi connectivity index (χ0v) is 47.8. The molecular formula is C60H113O11P. The van der Waals surface area contributed by atoms with E-state index in [1.165, 1.54) is 161 Å². The average Bonchev–Trinajstić information content (AvgIpc) is 3.37. The van der Waals surface area contributed by atoms with Gasteiger partial charge < -0.3 is 24.2 Å². The van der Waals surface area contributed by atoms with Gasteiger partial charge in [0.05, 0.1) is 19.8 Å². The van der Waals surface area contributed by atoms with E-state index in [2.05, 4.69) is 45.1 Å². The van der Waals surface area contributed by atoms with Gasteiger partial charge in [-0.3, -0.25) is 23.4 Å². The van der Waals surface area contributed by atoms with Gasteiger partial charge in [0.1, 0.15) is 12.7 Å². The quantitative estimate of drug-likeness (QED) is 0.0197. The van der Waals surface area contributed by atoms with Crippen LogP contribution in [-0.4, -0.2) is 66.5 Å². The number of hydrogen-bond acceptors (Lipinski definition) is 10. The molecule has 0 spiro atoms. The number of esters is 3. The van der Waals surface area contributed by atoms with Gasteiger partial charge in [-0.15, -0.1) is 0 Å². The van der Waals surface area contributed by atoms with Crippen LogP contribution < -0.4 is 0 Å². The zero-order chi connectivity index (χ0) is 52.7. The maximum atomic E-state index is 12.9. The molecule has 3 atom stereocenters. The van der Waals surface area contributed by atoms with Crippen LogP contribution in [-0.2, 0) is 42.2 Å². The van der Waals surface area contributed by atoms with Gasteiger partial charge in [-0.05, 0) is 44.9 Å². The lowest BCUT2D eigenvalue weighted by molar-refractivity contribution is -0.161. The van der Waals surface area contributed by atoms with Crippen LogP contribution >= 0.6 is 7.82 Å². The van der Waals surface area contributed by atoms with Crippen LogP contribution in [0.2, 0.25) is 0 Å². The molecular weight excluding hydrogens is 928 g/mol. The molecule has 0 fully saturated rings. The molecule has 0 radical (unpaired) electrons. The number of carbonyl (C=O) groups excluding carboxylic acids is 3. The first kappa shape index (κ1) is 70.0. The fourth-order valence-corrected chi connectivity index (χ4v) is 9.53. The maximum Gasteiger partial charge on any atom is 0.472 e. The molecule has 0 aromatic heterocycles. The van der Waals surface area contributed by atoms with Crippen LogP contribution in [0.4, 0.5) is 0 Å². The molecule has 11 nitrogen and oxygen atoms in total. The Balaban J connectivity index is 4.67. The van der Waals surface area contributed by atoms with E-state index in [9.17, 15) is 28.9 Å². The summed E-state index contributed by atoms with van der Waals surface area (Å²) in [5.74, 6) is -1.45. The molecule has 0 aliphatic carbocycles. The summed E-state index contributed by atoms with van der Waals surface area (Å²) in [5.41, 5.74) is 0. The summed E-state index contributed by atoms with van der Waals surface area (Å²) in [4.78, 5) is 48.6. The molecule has 0 saturated carbocycles. The van der Waals surface area contributed by atoms with Crippen LogP contribution in [0, 0.1) is 0 Å². The number of aliphatic hydroxyl groups excluding tert-OH is 1. The lowest BCUT2D eigenvalue weighted by Crippen LogP contribution is -2.30. The Hall–Kier alpha value is -2.04. The molecule has 0 bridgehead atoms. The summed E-state index contributed by atoms with van der Waals surface area (Å²) in [6.07, 6.45) is 55.6. The number of carbonyl (C=O) groups is 3. The van der Waals surface area contributed by atoms with Gasteiger partial charge in [0, 0.05) is 19.3 Å². The molecule has 3 unspecified atom stereocenters. The Morgan fingerprint density at radius 3 is 1.08 bits per heavy atom. The van der Waals surface area contributed by atoms with E-state index < -0.39 is 57.8 Å². The average molecular weight is 1040 g/mol. The highest BCUT2D eigenvalue weighted by molar-refractivity contribution is 7.47. The van der Waals surface area contributed by atoms with E-state index in [1.807, 2.05) is 0 Å². The number of phosphoric ester groups is 1. The van der Waals surface area contributed by atoms with Gasteiger partial charge in [0.25, 0.3) is 0 Å². The molecule has 0 aliphatic rings. The van der Waals surface area contributed by atoms with Gasteiger partial charge in [-0.25, -0.2) is 4.57 Å². The summed E-state index contributed by atoms with van der Waals surface area (Å²) in [6.45, 7) is 4.63. The number of allylic oxidation sites excluding steroid dienone is 4. The largest absolute Gasteiger partial charge is 0.472 e. The van der Waals surface area contributed by atoms with Crippen molar-refractivity contribution in [3.63, 3.8) is 0 Å². The molecule has 0 amide bonds. The van der Waals surface area contributed by atoms with Crippen molar-refractivity contribution in [2.45, 2.75) is 315 Å². The topological polar surface area (TPSA) is 155 Å². The third-order valence-electron chi connectivity index (χ3n) is 13.4. The molecule has 2 N–H and O–H groups in total. The Kier molecular flexibility index (Phi) is 53.6. The van der Waals surface area contributed by atoms with Crippen LogP contribution in [0.1, 0.15) is 303 Å². The van der Waals surface area contributed by atoms with Crippen molar-refractivity contribution >= 4 is 25.7 Å². The normalized spacial score (nSPS) is 13.5. The molecule has 0 rings (SSSR count). The fraction of sp³-hybridized carbons (Fsp3) is 0.883. The number of phosphoric acid groups is 1. The third kappa shape index (κ3) is 52.8. The standard InChI is InChI=1S/C60H113O11P/c1-4-7-10-13-16-19-22-25-27-28-30-32-34-37-40-43-46-49-58(62)67-53-57(71-60(64)51-48-45-42-39-36-33-29-26-23-20-17-14-11-8-5-2)55-69-72(65,66)68-54-56(52-61)70-59(63)50-47-44-41-38-35-31-24-21-18-15-12-9-6-3/h12,15,21,24,56-57,61H,4-11,13-14,16-20,22-23,25-55H2,1-3H3,(H,65,66)/b15-12-,24-21-. The first-order valence-corrected chi connectivity index (χ1v) is 31.7. The van der Waals surface area contributed by atoms with Crippen molar-refractivity contribution in [2.75, 3.05) is 26.4 Å². The van der Waals surface area contributed by atoms with E-state index in [0.29, 0.717) is 19.3 Å². The second-order valence-corrected chi connectivity index (χ2v) is 22.0. The van der Waals surface area contributed by atoms with Crippen LogP contribution in [0.15, 0.2) is 24.3 Å². The highest BCUT2D eigenvalue weighted by Crippen LogP contribution is 2.43. The van der Waals surface area contributed by atoms with Gasteiger partial charge in [0.2, 0.25) is 0 Å². The first-order chi connectivity index (χ1) is 35.2. The predicted molar refractivity (Wildman–Crippen MR) is 298 cm³/mol. The minimum atomic E-state index is -4.74. The van der Waals surface area contributed by atoms with E-state index in [1.54, 1.807) is 0 Å². The molecule has 0 saturated heterocycles. The monoisotopic (exact) mass is 1040 g/mol.